The Morgan fingerprint density at radius 3 is 2.67 bits per heavy atom. The van der Waals surface area contributed by atoms with Gasteiger partial charge in [0.15, 0.2) is 0 Å². The minimum atomic E-state index is -0.0894. The molecule has 124 valence electrons. The summed E-state index contributed by atoms with van der Waals surface area (Å²) in [7, 11) is 1.79. The molecule has 1 saturated heterocycles. The summed E-state index contributed by atoms with van der Waals surface area (Å²) in [5.74, 6) is 1.50. The Balaban J connectivity index is 1.72. The molecule has 0 aliphatic carbocycles. The Labute approximate surface area is 140 Å². The Hall–Kier alpha value is -2.76. The summed E-state index contributed by atoms with van der Waals surface area (Å²) >= 11 is 0. The van der Waals surface area contributed by atoms with Crippen LogP contribution in [0.1, 0.15) is 29.4 Å². The third-order valence-electron chi connectivity index (χ3n) is 4.71. The SMILES string of the molecule is Cc1ccc(C2CC(=O)Nc3cc(N4CCN(C)C4=O)ccc32)o1. The van der Waals surface area contributed by atoms with Gasteiger partial charge in [-0.3, -0.25) is 9.69 Å². The molecule has 3 heterocycles. The van der Waals surface area contributed by atoms with Crippen molar-refractivity contribution in [1.29, 1.82) is 0 Å². The first kappa shape index (κ1) is 14.8. The number of amides is 3. The van der Waals surface area contributed by atoms with Crippen molar-refractivity contribution in [2.45, 2.75) is 19.3 Å². The molecule has 24 heavy (non-hydrogen) atoms. The van der Waals surface area contributed by atoms with Crippen LogP contribution in [0.4, 0.5) is 16.2 Å². The zero-order valence-corrected chi connectivity index (χ0v) is 13.7. The Bertz CT molecular complexity index is 827. The normalized spacial score (nSPS) is 20.3. The maximum atomic E-state index is 12.2. The third kappa shape index (κ3) is 2.35. The second-order valence-corrected chi connectivity index (χ2v) is 6.38. The van der Waals surface area contributed by atoms with Crippen molar-refractivity contribution < 1.29 is 14.0 Å². The number of hydrogen-bond donors (Lipinski definition) is 1. The lowest BCUT2D eigenvalue weighted by atomic mass is 9.88. The molecule has 6 nitrogen and oxygen atoms in total. The molecule has 1 fully saturated rings. The summed E-state index contributed by atoms with van der Waals surface area (Å²) in [5, 5.41) is 2.92. The fraction of sp³-hybridized carbons (Fsp3) is 0.333. The number of rotatable bonds is 2. The van der Waals surface area contributed by atoms with Crippen molar-refractivity contribution in [3.8, 4) is 0 Å². The molecule has 0 saturated carbocycles. The van der Waals surface area contributed by atoms with E-state index in [4.69, 9.17) is 4.42 Å². The van der Waals surface area contributed by atoms with Gasteiger partial charge >= 0.3 is 6.03 Å². The second-order valence-electron chi connectivity index (χ2n) is 6.38. The molecule has 1 unspecified atom stereocenters. The number of urea groups is 1. The molecule has 2 aromatic rings. The van der Waals surface area contributed by atoms with Gasteiger partial charge in [0.2, 0.25) is 5.91 Å². The molecule has 1 aromatic heterocycles. The van der Waals surface area contributed by atoms with Gasteiger partial charge in [0.1, 0.15) is 11.5 Å². The number of aryl methyl sites for hydroxylation is 1. The highest BCUT2D eigenvalue weighted by atomic mass is 16.3. The number of carbonyl (C=O) groups excluding carboxylic acids is 2. The standard InChI is InChI=1S/C18H19N3O3/c1-11-3-6-16(24-11)14-10-17(22)19-15-9-12(4-5-13(14)15)21-8-7-20(2)18(21)23/h3-6,9,14H,7-8,10H2,1-2H3,(H,19,22). The van der Waals surface area contributed by atoms with Gasteiger partial charge in [0.05, 0.1) is 5.92 Å². The van der Waals surface area contributed by atoms with Crippen LogP contribution in [0.15, 0.2) is 34.7 Å². The number of nitrogens with zero attached hydrogens (tertiary/aromatic N) is 2. The number of likely N-dealkylation sites (N-methyl/N-ethyl adjacent to an activating group) is 1. The van der Waals surface area contributed by atoms with Gasteiger partial charge in [0, 0.05) is 37.9 Å². The van der Waals surface area contributed by atoms with Gasteiger partial charge in [0.25, 0.3) is 0 Å². The number of benzene rings is 1. The number of fused-ring (bicyclic) bond motifs is 1. The average molecular weight is 325 g/mol. The number of hydrogen-bond acceptors (Lipinski definition) is 3. The lowest BCUT2D eigenvalue weighted by Gasteiger charge is -2.26. The molecule has 2 aliphatic rings. The molecule has 2 aliphatic heterocycles. The van der Waals surface area contributed by atoms with Crippen LogP contribution >= 0.6 is 0 Å². The third-order valence-corrected chi connectivity index (χ3v) is 4.71. The topological polar surface area (TPSA) is 65.8 Å². The quantitative estimate of drug-likeness (QED) is 0.923. The summed E-state index contributed by atoms with van der Waals surface area (Å²) in [6.07, 6.45) is 0.366. The van der Waals surface area contributed by atoms with Crippen molar-refractivity contribution in [2.24, 2.45) is 0 Å². The lowest BCUT2D eigenvalue weighted by Crippen LogP contribution is -2.30. The number of carbonyl (C=O) groups is 2. The van der Waals surface area contributed by atoms with E-state index in [0.717, 1.165) is 28.5 Å². The Morgan fingerprint density at radius 2 is 2.00 bits per heavy atom. The number of anilines is 2. The first-order valence-electron chi connectivity index (χ1n) is 8.05. The maximum Gasteiger partial charge on any atom is 0.324 e. The van der Waals surface area contributed by atoms with Crippen molar-refractivity contribution >= 4 is 23.3 Å². The maximum absolute atomic E-state index is 12.2. The second kappa shape index (κ2) is 5.40. The van der Waals surface area contributed by atoms with Gasteiger partial charge < -0.3 is 14.6 Å². The van der Waals surface area contributed by atoms with Crippen LogP contribution in [0.3, 0.4) is 0 Å². The zero-order valence-electron chi connectivity index (χ0n) is 13.7. The molecule has 0 spiro atoms. The predicted molar refractivity (Wildman–Crippen MR) is 90.3 cm³/mol. The minimum absolute atomic E-state index is 0.0182. The van der Waals surface area contributed by atoms with Crippen LogP contribution in [0.25, 0.3) is 0 Å². The minimum Gasteiger partial charge on any atom is -0.466 e. The van der Waals surface area contributed by atoms with E-state index < -0.39 is 0 Å². The average Bonchev–Trinajstić information content (AvgIpc) is 3.13. The monoisotopic (exact) mass is 325 g/mol. The Kier molecular flexibility index (Phi) is 3.33. The molecular formula is C18H19N3O3. The molecule has 6 heteroatoms. The molecule has 4 rings (SSSR count). The Morgan fingerprint density at radius 1 is 1.17 bits per heavy atom. The van der Waals surface area contributed by atoms with E-state index in [1.54, 1.807) is 16.8 Å². The van der Waals surface area contributed by atoms with E-state index in [-0.39, 0.29) is 17.9 Å². The molecule has 3 amide bonds. The van der Waals surface area contributed by atoms with Crippen molar-refractivity contribution in [2.75, 3.05) is 30.4 Å². The highest BCUT2D eigenvalue weighted by molar-refractivity contribution is 5.98. The highest BCUT2D eigenvalue weighted by Gasteiger charge is 2.31. The van der Waals surface area contributed by atoms with Gasteiger partial charge in [-0.05, 0) is 36.8 Å². The van der Waals surface area contributed by atoms with E-state index in [2.05, 4.69) is 5.32 Å². The summed E-state index contributed by atoms with van der Waals surface area (Å²) in [4.78, 5) is 27.7. The number of nitrogens with one attached hydrogen (secondary N) is 1. The predicted octanol–water partition coefficient (Wildman–Crippen LogP) is 2.93. The van der Waals surface area contributed by atoms with Crippen LogP contribution < -0.4 is 10.2 Å². The first-order chi connectivity index (χ1) is 11.5. The molecule has 0 bridgehead atoms. The molecule has 0 radical (unpaired) electrons. The van der Waals surface area contributed by atoms with E-state index in [1.807, 2.05) is 37.3 Å². The summed E-state index contributed by atoms with van der Waals surface area (Å²) in [6.45, 7) is 3.26. The van der Waals surface area contributed by atoms with Crippen molar-refractivity contribution in [3.05, 3.63) is 47.4 Å². The first-order valence-corrected chi connectivity index (χ1v) is 8.05. The fourth-order valence-electron chi connectivity index (χ4n) is 3.40. The van der Waals surface area contributed by atoms with Crippen molar-refractivity contribution in [3.63, 3.8) is 0 Å². The summed E-state index contributed by atoms with van der Waals surface area (Å²) in [5.41, 5.74) is 2.58. The molecule has 1 atom stereocenters. The van der Waals surface area contributed by atoms with Gasteiger partial charge in [-0.15, -0.1) is 0 Å². The fourth-order valence-corrected chi connectivity index (χ4v) is 3.40. The van der Waals surface area contributed by atoms with E-state index in [9.17, 15) is 9.59 Å². The van der Waals surface area contributed by atoms with Crippen LogP contribution in [0, 0.1) is 6.92 Å². The highest BCUT2D eigenvalue weighted by Crippen LogP contribution is 2.39. The van der Waals surface area contributed by atoms with Gasteiger partial charge in [-0.1, -0.05) is 6.07 Å². The van der Waals surface area contributed by atoms with Gasteiger partial charge in [-0.25, -0.2) is 4.79 Å². The number of furan rings is 1. The van der Waals surface area contributed by atoms with E-state index >= 15 is 0 Å². The molecule has 1 N–H and O–H groups in total. The largest absolute Gasteiger partial charge is 0.466 e. The van der Waals surface area contributed by atoms with Crippen molar-refractivity contribution in [1.82, 2.24) is 4.90 Å². The zero-order chi connectivity index (χ0) is 16.8. The van der Waals surface area contributed by atoms with E-state index in [0.29, 0.717) is 19.5 Å². The van der Waals surface area contributed by atoms with Crippen LogP contribution in [-0.2, 0) is 4.79 Å². The van der Waals surface area contributed by atoms with Gasteiger partial charge in [-0.2, -0.15) is 0 Å². The lowest BCUT2D eigenvalue weighted by molar-refractivity contribution is -0.116. The smallest absolute Gasteiger partial charge is 0.324 e. The van der Waals surface area contributed by atoms with Crippen LogP contribution in [0.5, 0.6) is 0 Å². The van der Waals surface area contributed by atoms with Crippen LogP contribution in [0.2, 0.25) is 0 Å². The van der Waals surface area contributed by atoms with E-state index in [1.165, 1.54) is 0 Å². The molecular weight excluding hydrogens is 306 g/mol. The summed E-state index contributed by atoms with van der Waals surface area (Å²) in [6, 6.07) is 9.63. The molecule has 1 aromatic carbocycles. The van der Waals surface area contributed by atoms with Crippen LogP contribution in [-0.4, -0.2) is 37.0 Å². The summed E-state index contributed by atoms with van der Waals surface area (Å²) < 4.78 is 5.74.